The molecule has 1 fully saturated rings. The Hall–Kier alpha value is -2.97. The van der Waals surface area contributed by atoms with Crippen molar-refractivity contribution in [1.82, 2.24) is 0 Å². The van der Waals surface area contributed by atoms with Gasteiger partial charge in [0.2, 0.25) is 5.91 Å². The van der Waals surface area contributed by atoms with Gasteiger partial charge in [0.1, 0.15) is 11.1 Å². The minimum absolute atomic E-state index is 0.0347. The van der Waals surface area contributed by atoms with E-state index in [0.29, 0.717) is 17.2 Å². The molecule has 32 heavy (non-hydrogen) atoms. The Morgan fingerprint density at radius 1 is 1.00 bits per heavy atom. The number of rotatable bonds is 6. The van der Waals surface area contributed by atoms with Gasteiger partial charge < -0.3 is 4.74 Å². The molecule has 1 aliphatic rings. The first kappa shape index (κ1) is 22.2. The second-order valence-electron chi connectivity index (χ2n) is 7.60. The Kier molecular flexibility index (Phi) is 6.17. The first-order chi connectivity index (χ1) is 15.3. The van der Waals surface area contributed by atoms with Gasteiger partial charge >= 0.3 is 0 Å². The molecule has 3 aromatic carbocycles. The second-order valence-corrected chi connectivity index (χ2v) is 10.4. The molecule has 3 aromatic rings. The van der Waals surface area contributed by atoms with Crippen LogP contribution in [0.3, 0.4) is 0 Å². The highest BCUT2D eigenvalue weighted by atomic mass is 32.2. The van der Waals surface area contributed by atoms with E-state index < -0.39 is 10.0 Å². The summed E-state index contributed by atoms with van der Waals surface area (Å²) in [6.45, 7) is 4.06. The van der Waals surface area contributed by atoms with Gasteiger partial charge in [-0.3, -0.25) is 14.4 Å². The number of aryl methyl sites for hydroxylation is 2. The van der Waals surface area contributed by atoms with Crippen molar-refractivity contribution in [2.24, 2.45) is 0 Å². The van der Waals surface area contributed by atoms with Crippen molar-refractivity contribution in [3.63, 3.8) is 0 Å². The number of carbonyl (C=O) groups excluding carboxylic acids is 1. The highest BCUT2D eigenvalue weighted by molar-refractivity contribution is 8.00. The minimum Gasteiger partial charge on any atom is -0.497 e. The van der Waals surface area contributed by atoms with E-state index in [1.807, 2.05) is 38.1 Å². The van der Waals surface area contributed by atoms with Crippen LogP contribution >= 0.6 is 11.8 Å². The number of thioether (sulfide) groups is 1. The number of anilines is 2. The SMILES string of the molecule is COc1ccc(S(=O)(=O)Nc2cccc([C@H]3SCC(=O)N3c3ccc(C)c(C)c3)c2)cc1. The highest BCUT2D eigenvalue weighted by Gasteiger charge is 2.34. The maximum absolute atomic E-state index is 12.8. The smallest absolute Gasteiger partial charge is 0.261 e. The van der Waals surface area contributed by atoms with Crippen LogP contribution in [-0.4, -0.2) is 27.2 Å². The summed E-state index contributed by atoms with van der Waals surface area (Å²) in [5.74, 6) is 0.993. The van der Waals surface area contributed by atoms with Crippen LogP contribution in [0.2, 0.25) is 0 Å². The third-order valence-corrected chi connectivity index (χ3v) is 8.04. The summed E-state index contributed by atoms with van der Waals surface area (Å²) in [6, 6.07) is 19.4. The molecule has 166 valence electrons. The summed E-state index contributed by atoms with van der Waals surface area (Å²) >= 11 is 1.53. The van der Waals surface area contributed by atoms with Crippen LogP contribution in [0.4, 0.5) is 11.4 Å². The molecule has 0 spiro atoms. The average Bonchev–Trinajstić information content (AvgIpc) is 3.17. The fraction of sp³-hybridized carbons (Fsp3) is 0.208. The molecule has 1 saturated heterocycles. The lowest BCUT2D eigenvalue weighted by Crippen LogP contribution is -2.28. The van der Waals surface area contributed by atoms with Gasteiger partial charge in [-0.2, -0.15) is 0 Å². The van der Waals surface area contributed by atoms with Gasteiger partial charge in [-0.25, -0.2) is 8.42 Å². The van der Waals surface area contributed by atoms with Crippen molar-refractivity contribution >= 4 is 39.1 Å². The molecule has 0 aromatic heterocycles. The van der Waals surface area contributed by atoms with Crippen molar-refractivity contribution in [2.75, 3.05) is 22.5 Å². The fourth-order valence-electron chi connectivity index (χ4n) is 3.55. The Bertz CT molecular complexity index is 1260. The number of benzene rings is 3. The zero-order valence-corrected chi connectivity index (χ0v) is 19.7. The van der Waals surface area contributed by atoms with E-state index in [-0.39, 0.29) is 16.2 Å². The lowest BCUT2D eigenvalue weighted by Gasteiger charge is -2.25. The number of ether oxygens (including phenoxy) is 1. The number of methoxy groups -OCH3 is 1. The lowest BCUT2D eigenvalue weighted by atomic mass is 10.1. The van der Waals surface area contributed by atoms with E-state index in [0.717, 1.165) is 16.8 Å². The molecule has 6 nitrogen and oxygen atoms in total. The Morgan fingerprint density at radius 3 is 2.44 bits per heavy atom. The van der Waals surface area contributed by atoms with Crippen LogP contribution in [0.5, 0.6) is 5.75 Å². The van der Waals surface area contributed by atoms with Crippen LogP contribution in [0.25, 0.3) is 0 Å². The molecule has 0 radical (unpaired) electrons. The van der Waals surface area contributed by atoms with Crippen LogP contribution in [0, 0.1) is 13.8 Å². The highest BCUT2D eigenvalue weighted by Crippen LogP contribution is 2.42. The van der Waals surface area contributed by atoms with Gasteiger partial charge in [-0.1, -0.05) is 18.2 Å². The summed E-state index contributed by atoms with van der Waals surface area (Å²) in [6.07, 6.45) is 0. The molecule has 0 unspecified atom stereocenters. The predicted octanol–water partition coefficient (Wildman–Crippen LogP) is 4.89. The third kappa shape index (κ3) is 4.47. The van der Waals surface area contributed by atoms with Gasteiger partial charge in [0, 0.05) is 11.4 Å². The van der Waals surface area contributed by atoms with Crippen molar-refractivity contribution < 1.29 is 17.9 Å². The van der Waals surface area contributed by atoms with Gasteiger partial charge in [-0.15, -0.1) is 11.8 Å². The Morgan fingerprint density at radius 2 is 1.75 bits per heavy atom. The number of nitrogens with zero attached hydrogens (tertiary/aromatic N) is 1. The number of amides is 1. The average molecular weight is 469 g/mol. The maximum atomic E-state index is 12.8. The molecule has 1 N–H and O–H groups in total. The minimum atomic E-state index is -3.76. The molecule has 0 bridgehead atoms. The van der Waals surface area contributed by atoms with Crippen molar-refractivity contribution in [2.45, 2.75) is 24.1 Å². The molecule has 0 saturated carbocycles. The largest absolute Gasteiger partial charge is 0.497 e. The first-order valence-electron chi connectivity index (χ1n) is 10.1. The number of carbonyl (C=O) groups is 1. The van der Waals surface area contributed by atoms with E-state index in [9.17, 15) is 13.2 Å². The monoisotopic (exact) mass is 468 g/mol. The molecule has 0 aliphatic carbocycles. The van der Waals surface area contributed by atoms with Crippen molar-refractivity contribution in [3.05, 3.63) is 83.4 Å². The third-order valence-electron chi connectivity index (χ3n) is 5.43. The van der Waals surface area contributed by atoms with E-state index >= 15 is 0 Å². The van der Waals surface area contributed by atoms with Crippen LogP contribution < -0.4 is 14.4 Å². The molecule has 4 rings (SSSR count). The molecule has 1 aliphatic heterocycles. The Labute approximate surface area is 192 Å². The number of hydrogen-bond acceptors (Lipinski definition) is 5. The molecule has 1 heterocycles. The first-order valence-corrected chi connectivity index (χ1v) is 12.6. The quantitative estimate of drug-likeness (QED) is 0.557. The van der Waals surface area contributed by atoms with Gasteiger partial charge in [0.15, 0.2) is 0 Å². The summed E-state index contributed by atoms with van der Waals surface area (Å²) in [7, 11) is -2.23. The normalized spacial score (nSPS) is 16.3. The molecule has 1 amide bonds. The topological polar surface area (TPSA) is 75.7 Å². The van der Waals surface area contributed by atoms with Crippen molar-refractivity contribution in [1.29, 1.82) is 0 Å². The van der Waals surface area contributed by atoms with E-state index in [1.54, 1.807) is 35.2 Å². The number of nitrogens with one attached hydrogen (secondary N) is 1. The summed E-state index contributed by atoms with van der Waals surface area (Å²) < 4.78 is 33.4. The van der Waals surface area contributed by atoms with E-state index in [1.165, 1.54) is 36.6 Å². The number of sulfonamides is 1. The predicted molar refractivity (Wildman–Crippen MR) is 129 cm³/mol. The second kappa shape index (κ2) is 8.88. The summed E-state index contributed by atoms with van der Waals surface area (Å²) in [4.78, 5) is 14.6. The van der Waals surface area contributed by atoms with Gasteiger partial charge in [0.25, 0.3) is 10.0 Å². The van der Waals surface area contributed by atoms with E-state index in [2.05, 4.69) is 4.72 Å². The van der Waals surface area contributed by atoms with E-state index in [4.69, 9.17) is 4.74 Å². The lowest BCUT2D eigenvalue weighted by molar-refractivity contribution is -0.115. The van der Waals surface area contributed by atoms with Gasteiger partial charge in [0.05, 0.1) is 17.8 Å². The zero-order valence-electron chi connectivity index (χ0n) is 18.0. The molecular formula is C24H24N2O4S2. The van der Waals surface area contributed by atoms with Crippen LogP contribution in [0.15, 0.2) is 71.6 Å². The number of hydrogen-bond donors (Lipinski definition) is 1. The molecular weight excluding hydrogens is 444 g/mol. The van der Waals surface area contributed by atoms with Crippen LogP contribution in [0.1, 0.15) is 22.1 Å². The van der Waals surface area contributed by atoms with Crippen LogP contribution in [-0.2, 0) is 14.8 Å². The maximum Gasteiger partial charge on any atom is 0.261 e. The Balaban J connectivity index is 1.61. The molecule has 1 atom stereocenters. The molecule has 8 heteroatoms. The van der Waals surface area contributed by atoms with Gasteiger partial charge in [-0.05, 0) is 79.1 Å². The summed E-state index contributed by atoms with van der Waals surface area (Å²) in [5, 5.41) is -0.227. The van der Waals surface area contributed by atoms with Crippen molar-refractivity contribution in [3.8, 4) is 5.75 Å². The summed E-state index contributed by atoms with van der Waals surface area (Å²) in [5.41, 5.74) is 4.43. The zero-order chi connectivity index (χ0) is 22.9. The standard InChI is InChI=1S/C24H24N2O4S2/c1-16-7-8-20(13-17(16)2)26-23(27)15-31-24(26)18-5-4-6-19(14-18)25-32(28,29)22-11-9-21(30-3)10-12-22/h4-14,24-25H,15H2,1-3H3/t24-/m1/s1. The fourth-order valence-corrected chi connectivity index (χ4v) is 5.77.